The molecule has 2 N–H and O–H groups in total. The minimum absolute atomic E-state index is 0.165. The fourth-order valence-corrected chi connectivity index (χ4v) is 1.92. The topological polar surface area (TPSA) is 55.6 Å². The highest BCUT2D eigenvalue weighted by atomic mass is 16.6. The first kappa shape index (κ1) is 11.3. The molecule has 0 saturated carbocycles. The fraction of sp³-hybridized carbons (Fsp3) is 0.900. The van der Waals surface area contributed by atoms with Crippen LogP contribution >= 0.6 is 0 Å². The maximum absolute atomic E-state index is 11.5. The normalized spacial score (nSPS) is 27.5. The molecule has 0 bridgehead atoms. The summed E-state index contributed by atoms with van der Waals surface area (Å²) in [7, 11) is 0. The lowest BCUT2D eigenvalue weighted by atomic mass is 9.93. The monoisotopic (exact) mass is 200 g/mol. The number of hydrogen-bond acceptors (Lipinski definition) is 3. The Morgan fingerprint density at radius 2 is 2.36 bits per heavy atom. The largest absolute Gasteiger partial charge is 0.450 e. The standard InChI is InChI=1S/C10H20N2O2/c1-3-14-10(13)12-5-4-8(2)6-9(12)7-11/h8-9H,3-7,11H2,1-2H3. The van der Waals surface area contributed by atoms with Gasteiger partial charge in [-0.25, -0.2) is 4.79 Å². The van der Waals surface area contributed by atoms with Crippen LogP contribution in [0, 0.1) is 5.92 Å². The van der Waals surface area contributed by atoms with Gasteiger partial charge in [0, 0.05) is 19.1 Å². The van der Waals surface area contributed by atoms with Crippen molar-refractivity contribution in [2.24, 2.45) is 11.7 Å². The molecule has 82 valence electrons. The van der Waals surface area contributed by atoms with Crippen molar-refractivity contribution in [1.82, 2.24) is 4.90 Å². The van der Waals surface area contributed by atoms with Gasteiger partial charge in [0.25, 0.3) is 0 Å². The third-order valence-electron chi connectivity index (χ3n) is 2.75. The van der Waals surface area contributed by atoms with Crippen LogP contribution in [0.25, 0.3) is 0 Å². The molecule has 1 fully saturated rings. The van der Waals surface area contributed by atoms with Gasteiger partial charge in [-0.2, -0.15) is 0 Å². The molecule has 1 rings (SSSR count). The van der Waals surface area contributed by atoms with E-state index in [0.717, 1.165) is 19.4 Å². The van der Waals surface area contributed by atoms with Gasteiger partial charge in [-0.1, -0.05) is 6.92 Å². The third kappa shape index (κ3) is 2.61. The maximum Gasteiger partial charge on any atom is 0.410 e. The van der Waals surface area contributed by atoms with Crippen LogP contribution in [0.15, 0.2) is 0 Å². The van der Waals surface area contributed by atoms with Gasteiger partial charge in [0.1, 0.15) is 0 Å². The van der Waals surface area contributed by atoms with E-state index in [4.69, 9.17) is 10.5 Å². The molecule has 0 aromatic carbocycles. The predicted molar refractivity (Wildman–Crippen MR) is 55.0 cm³/mol. The Labute approximate surface area is 85.4 Å². The van der Waals surface area contributed by atoms with E-state index < -0.39 is 0 Å². The van der Waals surface area contributed by atoms with Gasteiger partial charge in [0.2, 0.25) is 0 Å². The summed E-state index contributed by atoms with van der Waals surface area (Å²) in [5, 5.41) is 0. The zero-order valence-corrected chi connectivity index (χ0v) is 9.03. The van der Waals surface area contributed by atoms with E-state index in [-0.39, 0.29) is 12.1 Å². The number of nitrogens with zero attached hydrogens (tertiary/aromatic N) is 1. The predicted octanol–water partition coefficient (Wildman–Crippen LogP) is 1.20. The molecule has 0 aliphatic carbocycles. The molecule has 2 atom stereocenters. The van der Waals surface area contributed by atoms with Crippen LogP contribution in [-0.2, 0) is 4.74 Å². The van der Waals surface area contributed by atoms with E-state index in [1.807, 2.05) is 6.92 Å². The molecule has 4 heteroatoms. The average Bonchev–Trinajstić information content (AvgIpc) is 2.17. The Kier molecular flexibility index (Phi) is 4.20. The van der Waals surface area contributed by atoms with Crippen LogP contribution in [-0.4, -0.2) is 36.7 Å². The molecule has 0 radical (unpaired) electrons. The number of ether oxygens (including phenoxy) is 1. The third-order valence-corrected chi connectivity index (χ3v) is 2.75. The number of nitrogens with two attached hydrogens (primary N) is 1. The van der Waals surface area contributed by atoms with Gasteiger partial charge < -0.3 is 15.4 Å². The quantitative estimate of drug-likeness (QED) is 0.728. The number of amides is 1. The minimum atomic E-state index is -0.213. The number of rotatable bonds is 2. The molecule has 1 aliphatic rings. The van der Waals surface area contributed by atoms with Crippen molar-refractivity contribution >= 4 is 6.09 Å². The highest BCUT2D eigenvalue weighted by molar-refractivity contribution is 5.68. The lowest BCUT2D eigenvalue weighted by molar-refractivity contribution is 0.0691. The Morgan fingerprint density at radius 1 is 1.64 bits per heavy atom. The Bertz CT molecular complexity index is 197. The van der Waals surface area contributed by atoms with Gasteiger partial charge in [-0.15, -0.1) is 0 Å². The van der Waals surface area contributed by atoms with E-state index in [1.54, 1.807) is 4.90 Å². The Balaban J connectivity index is 2.53. The van der Waals surface area contributed by atoms with Crippen LogP contribution in [0.5, 0.6) is 0 Å². The Morgan fingerprint density at radius 3 is 2.93 bits per heavy atom. The second-order valence-corrected chi connectivity index (χ2v) is 3.91. The highest BCUT2D eigenvalue weighted by Crippen LogP contribution is 2.22. The van der Waals surface area contributed by atoms with Gasteiger partial charge in [-0.05, 0) is 25.7 Å². The molecule has 1 heterocycles. The van der Waals surface area contributed by atoms with E-state index in [0.29, 0.717) is 19.1 Å². The molecule has 0 aromatic rings. The molecule has 1 amide bonds. The zero-order chi connectivity index (χ0) is 10.6. The molecular formula is C10H20N2O2. The number of carbonyl (C=O) groups is 1. The van der Waals surface area contributed by atoms with Gasteiger partial charge >= 0.3 is 6.09 Å². The van der Waals surface area contributed by atoms with Crippen LogP contribution in [0.4, 0.5) is 4.79 Å². The Hall–Kier alpha value is -0.770. The fourth-order valence-electron chi connectivity index (χ4n) is 1.92. The van der Waals surface area contributed by atoms with Crippen molar-refractivity contribution in [2.75, 3.05) is 19.7 Å². The number of carbonyl (C=O) groups excluding carboxylic acids is 1. The molecule has 14 heavy (non-hydrogen) atoms. The van der Waals surface area contributed by atoms with Crippen molar-refractivity contribution in [3.05, 3.63) is 0 Å². The first-order valence-electron chi connectivity index (χ1n) is 5.32. The lowest BCUT2D eigenvalue weighted by Gasteiger charge is -2.36. The number of hydrogen-bond donors (Lipinski definition) is 1. The second kappa shape index (κ2) is 5.20. The summed E-state index contributed by atoms with van der Waals surface area (Å²) < 4.78 is 4.98. The number of piperidine rings is 1. The van der Waals surface area contributed by atoms with Crippen molar-refractivity contribution in [3.63, 3.8) is 0 Å². The number of likely N-dealkylation sites (tertiary alicyclic amines) is 1. The maximum atomic E-state index is 11.5. The van der Waals surface area contributed by atoms with Crippen LogP contribution in [0.1, 0.15) is 26.7 Å². The molecule has 0 spiro atoms. The van der Waals surface area contributed by atoms with Crippen LogP contribution < -0.4 is 5.73 Å². The molecule has 4 nitrogen and oxygen atoms in total. The minimum Gasteiger partial charge on any atom is -0.450 e. The van der Waals surface area contributed by atoms with Crippen molar-refractivity contribution in [1.29, 1.82) is 0 Å². The molecule has 0 aromatic heterocycles. The summed E-state index contributed by atoms with van der Waals surface area (Å²) in [6.07, 6.45) is 1.83. The first-order valence-corrected chi connectivity index (χ1v) is 5.32. The zero-order valence-electron chi connectivity index (χ0n) is 9.03. The van der Waals surface area contributed by atoms with Gasteiger partial charge in [0.05, 0.1) is 6.61 Å². The van der Waals surface area contributed by atoms with Crippen molar-refractivity contribution in [3.8, 4) is 0 Å². The van der Waals surface area contributed by atoms with E-state index in [2.05, 4.69) is 6.92 Å². The molecule has 1 aliphatic heterocycles. The lowest BCUT2D eigenvalue weighted by Crippen LogP contribution is -2.49. The van der Waals surface area contributed by atoms with Gasteiger partial charge in [0.15, 0.2) is 0 Å². The summed E-state index contributed by atoms with van der Waals surface area (Å²) in [4.78, 5) is 13.3. The molecule has 2 unspecified atom stereocenters. The van der Waals surface area contributed by atoms with Crippen LogP contribution in [0.3, 0.4) is 0 Å². The summed E-state index contributed by atoms with van der Waals surface area (Å²) in [6, 6.07) is 0.165. The van der Waals surface area contributed by atoms with E-state index in [9.17, 15) is 4.79 Å². The average molecular weight is 200 g/mol. The highest BCUT2D eigenvalue weighted by Gasteiger charge is 2.29. The molecule has 1 saturated heterocycles. The summed E-state index contributed by atoms with van der Waals surface area (Å²) >= 11 is 0. The van der Waals surface area contributed by atoms with Crippen molar-refractivity contribution < 1.29 is 9.53 Å². The molecular weight excluding hydrogens is 180 g/mol. The summed E-state index contributed by atoms with van der Waals surface area (Å²) in [6.45, 7) is 5.76. The van der Waals surface area contributed by atoms with Crippen molar-refractivity contribution in [2.45, 2.75) is 32.7 Å². The smallest absolute Gasteiger partial charge is 0.410 e. The SMILES string of the molecule is CCOC(=O)N1CCC(C)CC1CN. The van der Waals surface area contributed by atoms with Gasteiger partial charge in [-0.3, -0.25) is 0 Å². The summed E-state index contributed by atoms with van der Waals surface area (Å²) in [5.74, 6) is 0.661. The van der Waals surface area contributed by atoms with E-state index >= 15 is 0 Å². The van der Waals surface area contributed by atoms with Crippen LogP contribution in [0.2, 0.25) is 0 Å². The summed E-state index contributed by atoms with van der Waals surface area (Å²) in [5.41, 5.74) is 5.64. The first-order chi connectivity index (χ1) is 6.69. The second-order valence-electron chi connectivity index (χ2n) is 3.91. The van der Waals surface area contributed by atoms with E-state index in [1.165, 1.54) is 0 Å².